The Morgan fingerprint density at radius 3 is 3.11 bits per heavy atom. The lowest BCUT2D eigenvalue weighted by Gasteiger charge is -2.13. The van der Waals surface area contributed by atoms with Crippen molar-refractivity contribution in [3.63, 3.8) is 0 Å². The van der Waals surface area contributed by atoms with Crippen molar-refractivity contribution in [3.8, 4) is 11.6 Å². The van der Waals surface area contributed by atoms with Gasteiger partial charge in [0.25, 0.3) is 0 Å². The molecule has 1 fully saturated rings. The fraction of sp³-hybridized carbons (Fsp3) is 0.421. The van der Waals surface area contributed by atoms with Crippen molar-refractivity contribution in [3.05, 3.63) is 36.9 Å². The largest absolute Gasteiger partial charge is 0.494 e. The highest BCUT2D eigenvalue weighted by molar-refractivity contribution is 5.78. The first-order valence-electron chi connectivity index (χ1n) is 9.18. The summed E-state index contributed by atoms with van der Waals surface area (Å²) in [6, 6.07) is 6.53. The number of anilines is 1. The molecule has 0 spiro atoms. The predicted molar refractivity (Wildman–Crippen MR) is 104 cm³/mol. The molecule has 8 nitrogen and oxygen atoms in total. The van der Waals surface area contributed by atoms with Gasteiger partial charge in [-0.25, -0.2) is 9.97 Å². The summed E-state index contributed by atoms with van der Waals surface area (Å²) in [5.74, 6) is 2.28. The molecule has 0 bridgehead atoms. The van der Waals surface area contributed by atoms with Gasteiger partial charge in [-0.05, 0) is 25.5 Å². The van der Waals surface area contributed by atoms with Crippen LogP contribution in [0.4, 0.5) is 5.82 Å². The predicted octanol–water partition coefficient (Wildman–Crippen LogP) is 2.00. The van der Waals surface area contributed by atoms with Crippen LogP contribution < -0.4 is 15.4 Å². The first kappa shape index (κ1) is 17.7. The minimum absolute atomic E-state index is 0.304. The molecule has 27 heavy (non-hydrogen) atoms. The molecule has 1 aliphatic rings. The van der Waals surface area contributed by atoms with Crippen molar-refractivity contribution in [1.82, 2.24) is 24.8 Å². The summed E-state index contributed by atoms with van der Waals surface area (Å²) in [5, 5.41) is 6.91. The van der Waals surface area contributed by atoms with Crippen molar-refractivity contribution in [1.29, 1.82) is 0 Å². The molecule has 2 N–H and O–H groups in total. The molecule has 3 heterocycles. The molecule has 4 rings (SSSR count). The fourth-order valence-corrected chi connectivity index (χ4v) is 3.43. The van der Waals surface area contributed by atoms with Gasteiger partial charge in [-0.1, -0.05) is 0 Å². The highest BCUT2D eigenvalue weighted by atomic mass is 16.5. The minimum atomic E-state index is 0.304. The summed E-state index contributed by atoms with van der Waals surface area (Å²) in [6.45, 7) is 4.19. The van der Waals surface area contributed by atoms with Gasteiger partial charge >= 0.3 is 0 Å². The number of nitrogens with one attached hydrogen (secondary N) is 2. The smallest absolute Gasteiger partial charge is 0.159 e. The lowest BCUT2D eigenvalue weighted by molar-refractivity contribution is 0.173. The van der Waals surface area contributed by atoms with Crippen molar-refractivity contribution in [2.75, 3.05) is 32.2 Å². The van der Waals surface area contributed by atoms with Crippen LogP contribution in [-0.2, 0) is 4.74 Å². The molecule has 0 aliphatic carbocycles. The Hall–Kier alpha value is -2.71. The topological polar surface area (TPSA) is 86.1 Å². The molecule has 2 aromatic heterocycles. The van der Waals surface area contributed by atoms with Gasteiger partial charge in [-0.3, -0.25) is 9.55 Å². The number of methoxy groups -OCH3 is 1. The van der Waals surface area contributed by atoms with Crippen molar-refractivity contribution in [2.45, 2.75) is 25.4 Å². The van der Waals surface area contributed by atoms with E-state index < -0.39 is 0 Å². The van der Waals surface area contributed by atoms with Crippen molar-refractivity contribution in [2.24, 2.45) is 0 Å². The number of imidazole rings is 1. The standard InChI is InChI=1S/C19H24N6O2/c1-3-27-15-4-5-16-17(7-15)25(12-22-16)19-10-20-9-18(24-19)23-13-6-14(11-26-2)21-8-13/h4-5,7,9-10,12-14,21H,3,6,8,11H2,1-2H3,(H,23,24)/t13-,14+/m1/s1. The average molecular weight is 368 g/mol. The van der Waals surface area contributed by atoms with Crippen molar-refractivity contribution < 1.29 is 9.47 Å². The number of benzene rings is 1. The van der Waals surface area contributed by atoms with Gasteiger partial charge in [-0.15, -0.1) is 0 Å². The Morgan fingerprint density at radius 1 is 1.33 bits per heavy atom. The van der Waals surface area contributed by atoms with Crippen LogP contribution in [-0.4, -0.2) is 58.5 Å². The summed E-state index contributed by atoms with van der Waals surface area (Å²) in [6.07, 6.45) is 6.24. The number of rotatable bonds is 7. The van der Waals surface area contributed by atoms with E-state index in [1.54, 1.807) is 25.8 Å². The van der Waals surface area contributed by atoms with Crippen molar-refractivity contribution >= 4 is 16.9 Å². The van der Waals surface area contributed by atoms with E-state index in [0.717, 1.165) is 41.4 Å². The SMILES string of the molecule is CCOc1ccc2ncn(-c3cncc(N[C@H]4CN[C@H](COC)C4)n3)c2c1. The molecule has 142 valence electrons. The Labute approximate surface area is 157 Å². The average Bonchev–Trinajstić information content (AvgIpc) is 3.29. The van der Waals surface area contributed by atoms with Gasteiger partial charge < -0.3 is 20.1 Å². The molecule has 1 saturated heterocycles. The second-order valence-electron chi connectivity index (χ2n) is 6.60. The number of hydrogen-bond donors (Lipinski definition) is 2. The van der Waals surface area contributed by atoms with Crippen LogP contribution in [0.15, 0.2) is 36.9 Å². The molecule has 1 aliphatic heterocycles. The van der Waals surface area contributed by atoms with Gasteiger partial charge in [0, 0.05) is 31.8 Å². The molecular weight excluding hydrogens is 344 g/mol. The third-order valence-electron chi connectivity index (χ3n) is 4.64. The van der Waals surface area contributed by atoms with E-state index in [4.69, 9.17) is 14.5 Å². The lowest BCUT2D eigenvalue weighted by atomic mass is 10.2. The van der Waals surface area contributed by atoms with Gasteiger partial charge in [0.15, 0.2) is 5.82 Å². The molecule has 1 aromatic carbocycles. The second-order valence-corrected chi connectivity index (χ2v) is 6.60. The molecule has 0 amide bonds. The Kier molecular flexibility index (Phi) is 5.17. The molecule has 8 heteroatoms. The first-order chi connectivity index (χ1) is 13.3. The maximum absolute atomic E-state index is 5.61. The maximum Gasteiger partial charge on any atom is 0.159 e. The normalized spacial score (nSPS) is 19.5. The van der Waals surface area contributed by atoms with Gasteiger partial charge in [0.1, 0.15) is 17.9 Å². The number of aromatic nitrogens is 4. The highest BCUT2D eigenvalue weighted by Gasteiger charge is 2.24. The highest BCUT2D eigenvalue weighted by Crippen LogP contribution is 2.23. The van der Waals surface area contributed by atoms with E-state index in [1.807, 2.05) is 29.7 Å². The maximum atomic E-state index is 5.61. The minimum Gasteiger partial charge on any atom is -0.494 e. The monoisotopic (exact) mass is 368 g/mol. The zero-order valence-corrected chi connectivity index (χ0v) is 15.6. The summed E-state index contributed by atoms with van der Waals surface area (Å²) in [7, 11) is 1.73. The van der Waals surface area contributed by atoms with Gasteiger partial charge in [0.05, 0.1) is 36.6 Å². The summed E-state index contributed by atoms with van der Waals surface area (Å²) < 4.78 is 12.8. The Balaban J connectivity index is 1.56. The molecule has 0 saturated carbocycles. The third-order valence-corrected chi connectivity index (χ3v) is 4.64. The zero-order valence-electron chi connectivity index (χ0n) is 15.6. The summed E-state index contributed by atoms with van der Waals surface area (Å²) in [4.78, 5) is 13.5. The van der Waals surface area contributed by atoms with Crippen LogP contribution in [0, 0.1) is 0 Å². The van der Waals surface area contributed by atoms with Crippen LogP contribution in [0.3, 0.4) is 0 Å². The van der Waals surface area contributed by atoms with Gasteiger partial charge in [0.2, 0.25) is 0 Å². The Morgan fingerprint density at radius 2 is 2.26 bits per heavy atom. The molecular formula is C19H24N6O2. The van der Waals surface area contributed by atoms with Crippen LogP contribution in [0.2, 0.25) is 0 Å². The van der Waals surface area contributed by atoms with E-state index in [0.29, 0.717) is 25.3 Å². The number of fused-ring (bicyclic) bond motifs is 1. The number of ether oxygens (including phenoxy) is 2. The first-order valence-corrected chi connectivity index (χ1v) is 9.18. The quantitative estimate of drug-likeness (QED) is 0.660. The van der Waals surface area contributed by atoms with Crippen LogP contribution in [0.5, 0.6) is 5.75 Å². The zero-order chi connectivity index (χ0) is 18.6. The summed E-state index contributed by atoms with van der Waals surface area (Å²) >= 11 is 0. The summed E-state index contributed by atoms with van der Waals surface area (Å²) in [5.41, 5.74) is 1.83. The molecule has 0 unspecified atom stereocenters. The third kappa shape index (κ3) is 3.86. The number of hydrogen-bond acceptors (Lipinski definition) is 7. The van der Waals surface area contributed by atoms with Crippen LogP contribution >= 0.6 is 0 Å². The van der Waals surface area contributed by atoms with E-state index in [2.05, 4.69) is 20.6 Å². The van der Waals surface area contributed by atoms with Crippen LogP contribution in [0.25, 0.3) is 16.9 Å². The fourth-order valence-electron chi connectivity index (χ4n) is 3.43. The van der Waals surface area contributed by atoms with E-state index in [9.17, 15) is 0 Å². The molecule has 0 radical (unpaired) electrons. The Bertz CT molecular complexity index is 912. The van der Waals surface area contributed by atoms with E-state index in [-0.39, 0.29) is 0 Å². The van der Waals surface area contributed by atoms with Crippen LogP contribution in [0.1, 0.15) is 13.3 Å². The van der Waals surface area contributed by atoms with Gasteiger partial charge in [-0.2, -0.15) is 0 Å². The lowest BCUT2D eigenvalue weighted by Crippen LogP contribution is -2.26. The molecule has 3 aromatic rings. The van der Waals surface area contributed by atoms with E-state index in [1.165, 1.54) is 0 Å². The molecule has 2 atom stereocenters. The van der Waals surface area contributed by atoms with E-state index >= 15 is 0 Å². The second kappa shape index (κ2) is 7.89. The number of nitrogens with zero attached hydrogens (tertiary/aromatic N) is 4.